The molecule has 0 saturated carbocycles. The van der Waals surface area contributed by atoms with Gasteiger partial charge in [0.1, 0.15) is 0 Å². The van der Waals surface area contributed by atoms with Crippen molar-refractivity contribution < 1.29 is 0 Å². The topological polar surface area (TPSA) is 4.93 Å². The molecule has 0 fully saturated rings. The van der Waals surface area contributed by atoms with Crippen LogP contribution in [0.25, 0.3) is 79.0 Å². The van der Waals surface area contributed by atoms with Gasteiger partial charge >= 0.3 is 0 Å². The van der Waals surface area contributed by atoms with Crippen LogP contribution in [0.5, 0.6) is 0 Å². The second kappa shape index (κ2) is 8.03. The lowest BCUT2D eigenvalue weighted by Crippen LogP contribution is -1.93. The SMILES string of the molecule is c1ccc2c(c1)sc1c2ccc2sc3cccc(-c4ccc(-n5c6ccccc6c6ccccc65)cc4)c3c21. The summed E-state index contributed by atoms with van der Waals surface area (Å²) in [6, 6.07) is 46.7. The van der Waals surface area contributed by atoms with Crippen molar-refractivity contribution >= 4 is 84.8 Å². The Labute approximate surface area is 232 Å². The summed E-state index contributed by atoms with van der Waals surface area (Å²) in [5.41, 5.74) is 6.22. The number of benzene rings is 6. The van der Waals surface area contributed by atoms with E-state index in [2.05, 4.69) is 132 Å². The van der Waals surface area contributed by atoms with Crippen molar-refractivity contribution in [2.24, 2.45) is 0 Å². The third-order valence-corrected chi connectivity index (χ3v) is 10.3. The van der Waals surface area contributed by atoms with Gasteiger partial charge in [-0.1, -0.05) is 84.9 Å². The van der Waals surface area contributed by atoms with Crippen LogP contribution >= 0.6 is 22.7 Å². The van der Waals surface area contributed by atoms with Crippen LogP contribution in [-0.2, 0) is 0 Å². The molecular formula is C36H21NS2. The molecule has 0 bridgehead atoms. The first-order valence-corrected chi connectivity index (χ1v) is 14.8. The fraction of sp³-hybridized carbons (Fsp3) is 0. The molecule has 3 heterocycles. The van der Waals surface area contributed by atoms with Crippen molar-refractivity contribution in [2.45, 2.75) is 0 Å². The Balaban J connectivity index is 1.28. The van der Waals surface area contributed by atoms with Crippen LogP contribution in [0.2, 0.25) is 0 Å². The lowest BCUT2D eigenvalue weighted by Gasteiger charge is -2.10. The van der Waals surface area contributed by atoms with E-state index in [-0.39, 0.29) is 0 Å². The molecule has 3 aromatic heterocycles. The predicted octanol–water partition coefficient (Wildman–Crippen LogP) is 11.2. The highest BCUT2D eigenvalue weighted by Gasteiger charge is 2.17. The van der Waals surface area contributed by atoms with E-state index < -0.39 is 0 Å². The number of fused-ring (bicyclic) bond motifs is 10. The minimum Gasteiger partial charge on any atom is -0.309 e. The Morgan fingerprint density at radius 1 is 0.410 bits per heavy atom. The van der Waals surface area contributed by atoms with Crippen molar-refractivity contribution in [3.8, 4) is 16.8 Å². The third kappa shape index (κ3) is 3.00. The smallest absolute Gasteiger partial charge is 0.0541 e. The zero-order valence-electron chi connectivity index (χ0n) is 20.9. The first kappa shape index (κ1) is 21.5. The van der Waals surface area contributed by atoms with E-state index in [1.807, 2.05) is 22.7 Å². The summed E-state index contributed by atoms with van der Waals surface area (Å²) in [7, 11) is 0. The van der Waals surface area contributed by atoms with Gasteiger partial charge in [0.25, 0.3) is 0 Å². The van der Waals surface area contributed by atoms with Crippen molar-refractivity contribution in [3.05, 3.63) is 127 Å². The third-order valence-electron chi connectivity index (χ3n) is 8.02. The fourth-order valence-corrected chi connectivity index (χ4v) is 8.78. The summed E-state index contributed by atoms with van der Waals surface area (Å²) >= 11 is 3.82. The number of rotatable bonds is 2. The number of para-hydroxylation sites is 2. The zero-order valence-corrected chi connectivity index (χ0v) is 22.5. The molecule has 1 nitrogen and oxygen atoms in total. The van der Waals surface area contributed by atoms with E-state index in [0.29, 0.717) is 0 Å². The molecule has 0 amide bonds. The van der Waals surface area contributed by atoms with Gasteiger partial charge in [-0.3, -0.25) is 0 Å². The highest BCUT2D eigenvalue weighted by atomic mass is 32.1. The minimum atomic E-state index is 1.19. The number of hydrogen-bond acceptors (Lipinski definition) is 2. The first-order valence-electron chi connectivity index (χ1n) is 13.2. The standard InChI is InChI=1S/C36H21NS2/c1-4-12-29-25(8-1)26-9-2-5-13-30(26)37(29)23-18-16-22(17-19-23)24-11-7-15-32-34(24)35-33(38-32)21-20-28-27-10-3-6-14-31(27)39-36(28)35/h1-21H. The van der Waals surface area contributed by atoms with Gasteiger partial charge in [0.05, 0.1) is 11.0 Å². The quantitative estimate of drug-likeness (QED) is 0.209. The average Bonchev–Trinajstić information content (AvgIpc) is 3.66. The highest BCUT2D eigenvalue weighted by Crippen LogP contribution is 2.47. The fourth-order valence-electron chi connectivity index (χ4n) is 6.32. The number of hydrogen-bond donors (Lipinski definition) is 0. The van der Waals surface area contributed by atoms with Gasteiger partial charge in [-0.2, -0.15) is 0 Å². The zero-order chi connectivity index (χ0) is 25.5. The molecule has 0 aliphatic heterocycles. The molecule has 0 saturated heterocycles. The van der Waals surface area contributed by atoms with Gasteiger partial charge in [0, 0.05) is 56.8 Å². The van der Waals surface area contributed by atoms with E-state index >= 15 is 0 Å². The van der Waals surface area contributed by atoms with Crippen LogP contribution in [0.3, 0.4) is 0 Å². The lowest BCUT2D eigenvalue weighted by molar-refractivity contribution is 1.18. The summed E-state index contributed by atoms with van der Waals surface area (Å²) in [5.74, 6) is 0. The van der Waals surface area contributed by atoms with Crippen LogP contribution in [0.1, 0.15) is 0 Å². The van der Waals surface area contributed by atoms with Crippen molar-refractivity contribution in [3.63, 3.8) is 0 Å². The molecule has 3 heteroatoms. The summed E-state index contributed by atoms with van der Waals surface area (Å²) in [5, 5.41) is 8.07. The van der Waals surface area contributed by atoms with E-state index in [1.54, 1.807) is 0 Å². The van der Waals surface area contributed by atoms with Crippen molar-refractivity contribution in [2.75, 3.05) is 0 Å². The van der Waals surface area contributed by atoms with Gasteiger partial charge in [0.2, 0.25) is 0 Å². The van der Waals surface area contributed by atoms with Crippen molar-refractivity contribution in [1.82, 2.24) is 4.57 Å². The molecule has 0 spiro atoms. The van der Waals surface area contributed by atoms with E-state index in [9.17, 15) is 0 Å². The molecule has 9 aromatic rings. The van der Waals surface area contributed by atoms with Crippen LogP contribution in [0, 0.1) is 0 Å². The van der Waals surface area contributed by atoms with Crippen LogP contribution in [-0.4, -0.2) is 4.57 Å². The Hall–Kier alpha value is -4.44. The van der Waals surface area contributed by atoms with Gasteiger partial charge in [-0.15, -0.1) is 22.7 Å². The van der Waals surface area contributed by atoms with Gasteiger partial charge in [0.15, 0.2) is 0 Å². The summed E-state index contributed by atoms with van der Waals surface area (Å²) in [6.07, 6.45) is 0. The summed E-state index contributed by atoms with van der Waals surface area (Å²) in [4.78, 5) is 0. The molecule has 182 valence electrons. The second-order valence-electron chi connectivity index (χ2n) is 10.1. The maximum Gasteiger partial charge on any atom is 0.0541 e. The van der Waals surface area contributed by atoms with E-state index in [4.69, 9.17) is 0 Å². The highest BCUT2D eigenvalue weighted by molar-refractivity contribution is 7.29. The number of aromatic nitrogens is 1. The average molecular weight is 532 g/mol. The Morgan fingerprint density at radius 2 is 1.05 bits per heavy atom. The van der Waals surface area contributed by atoms with E-state index in [1.165, 1.54) is 79.0 Å². The largest absolute Gasteiger partial charge is 0.309 e. The van der Waals surface area contributed by atoms with Crippen LogP contribution in [0.4, 0.5) is 0 Å². The maximum absolute atomic E-state index is 2.38. The predicted molar refractivity (Wildman–Crippen MR) is 172 cm³/mol. The molecular weight excluding hydrogens is 511 g/mol. The molecule has 0 aliphatic rings. The number of thiophene rings is 2. The second-order valence-corrected chi connectivity index (χ2v) is 12.2. The van der Waals surface area contributed by atoms with Gasteiger partial charge < -0.3 is 4.57 Å². The normalized spacial score (nSPS) is 12.1. The molecule has 6 aromatic carbocycles. The Bertz CT molecular complexity index is 2330. The Morgan fingerprint density at radius 3 is 1.82 bits per heavy atom. The van der Waals surface area contributed by atoms with Crippen LogP contribution < -0.4 is 0 Å². The molecule has 0 unspecified atom stereocenters. The molecule has 0 radical (unpaired) electrons. The lowest BCUT2D eigenvalue weighted by atomic mass is 9.98. The molecule has 0 aliphatic carbocycles. The maximum atomic E-state index is 2.38. The minimum absolute atomic E-state index is 1.19. The first-order chi connectivity index (χ1) is 19.3. The Kier molecular flexibility index (Phi) is 4.43. The van der Waals surface area contributed by atoms with Gasteiger partial charge in [-0.05, 0) is 53.6 Å². The molecule has 39 heavy (non-hydrogen) atoms. The van der Waals surface area contributed by atoms with E-state index in [0.717, 1.165) is 0 Å². The molecule has 0 atom stereocenters. The summed E-state index contributed by atoms with van der Waals surface area (Å²) < 4.78 is 7.84. The molecule has 0 N–H and O–H groups in total. The number of nitrogens with zero attached hydrogens (tertiary/aromatic N) is 1. The summed E-state index contributed by atoms with van der Waals surface area (Å²) in [6.45, 7) is 0. The van der Waals surface area contributed by atoms with Gasteiger partial charge in [-0.25, -0.2) is 0 Å². The monoisotopic (exact) mass is 531 g/mol. The van der Waals surface area contributed by atoms with Crippen molar-refractivity contribution in [1.29, 1.82) is 0 Å². The molecule has 9 rings (SSSR count). The van der Waals surface area contributed by atoms with Crippen LogP contribution in [0.15, 0.2) is 127 Å².